The quantitative estimate of drug-likeness (QED) is 0.917. The van der Waals surface area contributed by atoms with E-state index in [4.69, 9.17) is 16.3 Å². The van der Waals surface area contributed by atoms with E-state index in [1.165, 1.54) is 0 Å². The predicted molar refractivity (Wildman–Crippen MR) is 86.2 cm³/mol. The maximum Gasteiger partial charge on any atom is 0.321 e. The maximum atomic E-state index is 12.6. The van der Waals surface area contributed by atoms with Crippen LogP contribution in [-0.4, -0.2) is 21.6 Å². The number of pyridine rings is 1. The van der Waals surface area contributed by atoms with Gasteiger partial charge in [0.1, 0.15) is 5.75 Å². The van der Waals surface area contributed by atoms with Gasteiger partial charge in [-0.2, -0.15) is 0 Å². The smallest absolute Gasteiger partial charge is 0.321 e. The minimum atomic E-state index is -0.720. The molecular formula is C17H16ClN3O2. The van der Waals surface area contributed by atoms with E-state index < -0.39 is 5.72 Å². The molecule has 2 amide bonds. The lowest BCUT2D eigenvalue weighted by Gasteiger charge is -2.50. The molecule has 0 spiro atoms. The Morgan fingerprint density at radius 1 is 1.43 bits per heavy atom. The largest absolute Gasteiger partial charge is 0.468 e. The number of amides is 2. The molecule has 4 rings (SSSR count). The highest BCUT2D eigenvalue weighted by atomic mass is 35.5. The molecule has 0 saturated carbocycles. The number of benzene rings is 1. The van der Waals surface area contributed by atoms with Crippen molar-refractivity contribution >= 4 is 17.6 Å². The molecule has 2 aliphatic rings. The van der Waals surface area contributed by atoms with Gasteiger partial charge in [0.2, 0.25) is 0 Å². The first kappa shape index (κ1) is 14.3. The van der Waals surface area contributed by atoms with Crippen molar-refractivity contribution in [2.75, 3.05) is 0 Å². The zero-order chi connectivity index (χ0) is 16.0. The van der Waals surface area contributed by atoms with Gasteiger partial charge in [-0.05, 0) is 31.2 Å². The molecule has 1 N–H and O–H groups in total. The van der Waals surface area contributed by atoms with E-state index in [2.05, 4.69) is 10.3 Å². The summed E-state index contributed by atoms with van der Waals surface area (Å²) in [5.41, 5.74) is 1.07. The molecule has 0 aliphatic carbocycles. The van der Waals surface area contributed by atoms with Crippen LogP contribution in [0.15, 0.2) is 42.6 Å². The molecule has 3 heterocycles. The maximum absolute atomic E-state index is 12.6. The van der Waals surface area contributed by atoms with Gasteiger partial charge in [-0.1, -0.05) is 23.7 Å². The zero-order valence-corrected chi connectivity index (χ0v) is 13.4. The van der Waals surface area contributed by atoms with E-state index >= 15 is 0 Å². The summed E-state index contributed by atoms with van der Waals surface area (Å²) < 4.78 is 6.18. The molecule has 0 radical (unpaired) electrons. The van der Waals surface area contributed by atoms with Crippen molar-refractivity contribution in [1.29, 1.82) is 0 Å². The normalized spacial score (nSPS) is 25.4. The molecule has 5 nitrogen and oxygen atoms in total. The third kappa shape index (κ3) is 2.41. The number of ether oxygens (including phenoxy) is 1. The van der Waals surface area contributed by atoms with Crippen molar-refractivity contribution in [2.24, 2.45) is 0 Å². The second-order valence-electron chi connectivity index (χ2n) is 6.07. The fourth-order valence-corrected chi connectivity index (χ4v) is 3.44. The Morgan fingerprint density at radius 3 is 3.09 bits per heavy atom. The van der Waals surface area contributed by atoms with Crippen molar-refractivity contribution in [3.8, 4) is 5.75 Å². The Kier molecular flexibility index (Phi) is 3.20. The minimum Gasteiger partial charge on any atom is -0.468 e. The van der Waals surface area contributed by atoms with Gasteiger partial charge in [0, 0.05) is 23.2 Å². The van der Waals surface area contributed by atoms with Gasteiger partial charge >= 0.3 is 6.03 Å². The van der Waals surface area contributed by atoms with Crippen LogP contribution in [0, 0.1) is 0 Å². The lowest BCUT2D eigenvalue weighted by molar-refractivity contribution is -0.0883. The second kappa shape index (κ2) is 5.13. The van der Waals surface area contributed by atoms with Crippen LogP contribution >= 0.6 is 11.6 Å². The summed E-state index contributed by atoms with van der Waals surface area (Å²) in [4.78, 5) is 18.6. The highest BCUT2D eigenvalue weighted by molar-refractivity contribution is 6.30. The molecule has 1 saturated heterocycles. The van der Waals surface area contributed by atoms with Crippen LogP contribution in [0.5, 0.6) is 5.75 Å². The number of hydrogen-bond acceptors (Lipinski definition) is 3. The van der Waals surface area contributed by atoms with Gasteiger partial charge < -0.3 is 10.1 Å². The van der Waals surface area contributed by atoms with Gasteiger partial charge in [-0.15, -0.1) is 0 Å². The number of carbonyl (C=O) groups excluding carboxylic acids is 1. The number of halogens is 1. The number of nitrogens with zero attached hydrogens (tertiary/aromatic N) is 2. The average molecular weight is 330 g/mol. The minimum absolute atomic E-state index is 0.0616. The number of aromatic nitrogens is 1. The molecule has 2 unspecified atom stereocenters. The lowest BCUT2D eigenvalue weighted by Crippen LogP contribution is -2.64. The Morgan fingerprint density at radius 2 is 2.30 bits per heavy atom. The first-order valence-corrected chi connectivity index (χ1v) is 7.89. The van der Waals surface area contributed by atoms with E-state index in [-0.39, 0.29) is 12.1 Å². The van der Waals surface area contributed by atoms with Crippen molar-refractivity contribution in [3.05, 3.63) is 58.9 Å². The third-order valence-corrected chi connectivity index (χ3v) is 4.66. The van der Waals surface area contributed by atoms with Crippen LogP contribution in [0.25, 0.3) is 0 Å². The van der Waals surface area contributed by atoms with E-state index in [0.717, 1.165) is 17.0 Å². The Labute approximate surface area is 139 Å². The summed E-state index contributed by atoms with van der Waals surface area (Å²) in [6.07, 6.45) is 2.40. The second-order valence-corrected chi connectivity index (χ2v) is 6.51. The van der Waals surface area contributed by atoms with Gasteiger partial charge in [0.05, 0.1) is 18.3 Å². The molecule has 2 atom stereocenters. The van der Waals surface area contributed by atoms with Crippen LogP contribution in [0.3, 0.4) is 0 Å². The summed E-state index contributed by atoms with van der Waals surface area (Å²) in [5.74, 6) is 0.724. The lowest BCUT2D eigenvalue weighted by atomic mass is 9.90. The van der Waals surface area contributed by atoms with Crippen LogP contribution in [0.1, 0.15) is 30.6 Å². The van der Waals surface area contributed by atoms with Gasteiger partial charge in [0.15, 0.2) is 5.72 Å². The Hall–Kier alpha value is -2.27. The molecule has 1 aromatic heterocycles. The predicted octanol–water partition coefficient (Wildman–Crippen LogP) is 3.50. The van der Waals surface area contributed by atoms with Crippen LogP contribution in [-0.2, 0) is 6.54 Å². The fraction of sp³-hybridized carbons (Fsp3) is 0.294. The number of nitrogens with one attached hydrogen (secondary N) is 1. The summed E-state index contributed by atoms with van der Waals surface area (Å²) in [6.45, 7) is 2.33. The number of fused-ring (bicyclic) bond motifs is 4. The van der Waals surface area contributed by atoms with Gasteiger partial charge in [0.25, 0.3) is 0 Å². The molecule has 6 heteroatoms. The molecule has 1 fully saturated rings. The molecule has 2 aromatic rings. The first-order chi connectivity index (χ1) is 11.0. The van der Waals surface area contributed by atoms with E-state index in [1.54, 1.807) is 17.2 Å². The van der Waals surface area contributed by atoms with E-state index in [0.29, 0.717) is 18.0 Å². The molecule has 118 valence electrons. The van der Waals surface area contributed by atoms with Crippen LogP contribution < -0.4 is 10.1 Å². The van der Waals surface area contributed by atoms with Gasteiger partial charge in [-0.25, -0.2) is 4.79 Å². The topological polar surface area (TPSA) is 54.5 Å². The van der Waals surface area contributed by atoms with Crippen molar-refractivity contribution in [1.82, 2.24) is 15.2 Å². The van der Waals surface area contributed by atoms with E-state index in [9.17, 15) is 4.79 Å². The highest BCUT2D eigenvalue weighted by Crippen LogP contribution is 2.45. The molecular weight excluding hydrogens is 314 g/mol. The third-order valence-electron chi connectivity index (χ3n) is 4.42. The molecule has 1 aromatic carbocycles. The molecule has 23 heavy (non-hydrogen) atoms. The van der Waals surface area contributed by atoms with E-state index in [1.807, 2.05) is 37.3 Å². The van der Waals surface area contributed by atoms with Crippen LogP contribution in [0.2, 0.25) is 5.02 Å². The first-order valence-electron chi connectivity index (χ1n) is 7.52. The Bertz CT molecular complexity index is 768. The number of carbonyl (C=O) groups is 1. The SMILES string of the molecule is CC12CC(NC(=O)N1Cc1ccccn1)c1ccc(Cl)cc1O2. The summed E-state index contributed by atoms with van der Waals surface area (Å²) in [7, 11) is 0. The summed E-state index contributed by atoms with van der Waals surface area (Å²) in [5, 5.41) is 3.68. The highest BCUT2D eigenvalue weighted by Gasteiger charge is 2.49. The van der Waals surface area contributed by atoms with Crippen molar-refractivity contribution in [2.45, 2.75) is 31.7 Å². The molecule has 2 bridgehead atoms. The molecule has 2 aliphatic heterocycles. The summed E-state index contributed by atoms with van der Waals surface area (Å²) >= 11 is 6.08. The zero-order valence-electron chi connectivity index (χ0n) is 12.6. The number of urea groups is 1. The standard InChI is InChI=1S/C17H16ClN3O2/c1-17-9-14(13-6-5-11(18)8-15(13)23-17)20-16(22)21(17)10-12-4-2-3-7-19-12/h2-8,14H,9-10H2,1H3,(H,20,22). The number of rotatable bonds is 2. The Balaban J connectivity index is 1.70. The summed E-state index contributed by atoms with van der Waals surface area (Å²) in [6, 6.07) is 11.0. The van der Waals surface area contributed by atoms with Crippen LogP contribution in [0.4, 0.5) is 4.79 Å². The monoisotopic (exact) mass is 329 g/mol. The van der Waals surface area contributed by atoms with Gasteiger partial charge in [-0.3, -0.25) is 9.88 Å². The fourth-order valence-electron chi connectivity index (χ4n) is 3.28. The van der Waals surface area contributed by atoms with Crippen molar-refractivity contribution in [3.63, 3.8) is 0 Å². The number of hydrogen-bond donors (Lipinski definition) is 1. The van der Waals surface area contributed by atoms with Crippen molar-refractivity contribution < 1.29 is 9.53 Å². The average Bonchev–Trinajstić information content (AvgIpc) is 2.51.